The van der Waals surface area contributed by atoms with E-state index in [4.69, 9.17) is 4.74 Å². The second-order valence-electron chi connectivity index (χ2n) is 6.80. The second-order valence-corrected chi connectivity index (χ2v) is 6.80. The van der Waals surface area contributed by atoms with Gasteiger partial charge in [-0.05, 0) is 38.0 Å². The van der Waals surface area contributed by atoms with Crippen molar-refractivity contribution in [2.75, 3.05) is 13.2 Å². The van der Waals surface area contributed by atoms with E-state index >= 15 is 0 Å². The minimum absolute atomic E-state index is 0.121. The Morgan fingerprint density at radius 1 is 0.875 bits per heavy atom. The van der Waals surface area contributed by atoms with Crippen molar-refractivity contribution in [1.29, 1.82) is 0 Å². The molecule has 0 aliphatic rings. The highest BCUT2D eigenvalue weighted by atomic mass is 16.5. The predicted octanol–water partition coefficient (Wildman–Crippen LogP) is 4.86. The molecule has 0 saturated carbocycles. The maximum absolute atomic E-state index is 12.1. The molecule has 4 heteroatoms. The molecule has 0 aromatic heterocycles. The van der Waals surface area contributed by atoms with Crippen LogP contribution < -0.4 is 5.32 Å². The molecule has 0 saturated heterocycles. The van der Waals surface area contributed by atoms with Gasteiger partial charge in [0.25, 0.3) is 0 Å². The molecule has 0 aliphatic heterocycles. The zero-order valence-electron chi connectivity index (χ0n) is 16.4. The fraction of sp³-hybridized carbons (Fsp3) is 0.900. The molecular weight excluding hydrogens is 302 g/mol. The molecule has 0 rings (SSSR count). The lowest BCUT2D eigenvalue weighted by Gasteiger charge is -2.16. The van der Waals surface area contributed by atoms with Crippen molar-refractivity contribution < 1.29 is 14.3 Å². The van der Waals surface area contributed by atoms with Crippen LogP contribution in [0, 0.1) is 11.8 Å². The van der Waals surface area contributed by atoms with E-state index in [0.29, 0.717) is 31.9 Å². The predicted molar refractivity (Wildman–Crippen MR) is 99.8 cm³/mol. The molecule has 0 heterocycles. The summed E-state index contributed by atoms with van der Waals surface area (Å²) in [6.07, 6.45) is 9.48. The summed E-state index contributed by atoms with van der Waals surface area (Å²) in [5.74, 6) is 0.612. The molecule has 4 nitrogen and oxygen atoms in total. The SMILES string of the molecule is CCCC(CCC)COC(=O)CCCNC(=O)C(CCC)CCC. The smallest absolute Gasteiger partial charge is 0.305 e. The first-order valence-corrected chi connectivity index (χ1v) is 10.0. The lowest BCUT2D eigenvalue weighted by molar-refractivity contribution is -0.145. The molecule has 0 spiro atoms. The van der Waals surface area contributed by atoms with Gasteiger partial charge in [0.2, 0.25) is 5.91 Å². The van der Waals surface area contributed by atoms with E-state index in [1.54, 1.807) is 0 Å². The number of carbonyl (C=O) groups is 2. The Morgan fingerprint density at radius 2 is 1.42 bits per heavy atom. The third-order valence-electron chi connectivity index (χ3n) is 4.38. The van der Waals surface area contributed by atoms with Crippen LogP contribution in [0.4, 0.5) is 0 Å². The number of esters is 1. The van der Waals surface area contributed by atoms with Gasteiger partial charge in [-0.2, -0.15) is 0 Å². The Kier molecular flexibility index (Phi) is 14.8. The van der Waals surface area contributed by atoms with Crippen LogP contribution in [0.1, 0.15) is 91.9 Å². The molecule has 0 fully saturated rings. The quantitative estimate of drug-likeness (QED) is 0.342. The number of carbonyl (C=O) groups excluding carboxylic acids is 2. The molecule has 0 bridgehead atoms. The maximum Gasteiger partial charge on any atom is 0.305 e. The van der Waals surface area contributed by atoms with Crippen LogP contribution in [0.25, 0.3) is 0 Å². The number of ether oxygens (including phenoxy) is 1. The molecule has 0 unspecified atom stereocenters. The summed E-state index contributed by atoms with van der Waals surface area (Å²) in [6.45, 7) is 9.65. The summed E-state index contributed by atoms with van der Waals surface area (Å²) in [6, 6.07) is 0. The lowest BCUT2D eigenvalue weighted by Crippen LogP contribution is -2.31. The Morgan fingerprint density at radius 3 is 1.92 bits per heavy atom. The Bertz CT molecular complexity index is 319. The van der Waals surface area contributed by atoms with Gasteiger partial charge in [0.15, 0.2) is 0 Å². The first-order valence-electron chi connectivity index (χ1n) is 10.0. The van der Waals surface area contributed by atoms with Crippen molar-refractivity contribution in [3.63, 3.8) is 0 Å². The van der Waals surface area contributed by atoms with Crippen LogP contribution in [0.3, 0.4) is 0 Å². The van der Waals surface area contributed by atoms with Gasteiger partial charge in [-0.15, -0.1) is 0 Å². The van der Waals surface area contributed by atoms with Gasteiger partial charge in [0.05, 0.1) is 6.61 Å². The zero-order valence-corrected chi connectivity index (χ0v) is 16.4. The Balaban J connectivity index is 3.89. The van der Waals surface area contributed by atoms with Crippen molar-refractivity contribution in [2.24, 2.45) is 11.8 Å². The molecule has 0 aliphatic carbocycles. The molecule has 0 atom stereocenters. The summed E-state index contributed by atoms with van der Waals surface area (Å²) < 4.78 is 5.39. The van der Waals surface area contributed by atoms with Crippen molar-refractivity contribution in [3.05, 3.63) is 0 Å². The summed E-state index contributed by atoms with van der Waals surface area (Å²) in [7, 11) is 0. The van der Waals surface area contributed by atoms with E-state index < -0.39 is 0 Å². The van der Waals surface area contributed by atoms with Crippen LogP contribution in [-0.4, -0.2) is 25.0 Å². The number of nitrogens with one attached hydrogen (secondary N) is 1. The highest BCUT2D eigenvalue weighted by molar-refractivity contribution is 5.78. The van der Waals surface area contributed by atoms with Crippen LogP contribution >= 0.6 is 0 Å². The van der Waals surface area contributed by atoms with Gasteiger partial charge >= 0.3 is 5.97 Å². The summed E-state index contributed by atoms with van der Waals surface area (Å²) in [4.78, 5) is 23.9. The van der Waals surface area contributed by atoms with Gasteiger partial charge in [-0.3, -0.25) is 9.59 Å². The summed E-state index contributed by atoms with van der Waals surface area (Å²) >= 11 is 0. The van der Waals surface area contributed by atoms with Crippen molar-refractivity contribution in [3.8, 4) is 0 Å². The van der Waals surface area contributed by atoms with E-state index in [2.05, 4.69) is 33.0 Å². The maximum atomic E-state index is 12.1. The molecule has 1 amide bonds. The third-order valence-corrected chi connectivity index (χ3v) is 4.38. The molecule has 0 aromatic rings. The van der Waals surface area contributed by atoms with E-state index in [9.17, 15) is 9.59 Å². The Hall–Kier alpha value is -1.06. The second kappa shape index (κ2) is 15.5. The standard InChI is InChI=1S/C20H39NO3/c1-5-10-17(11-6-2)16-24-19(22)14-9-15-21-20(23)18(12-7-3)13-8-4/h17-18H,5-16H2,1-4H3,(H,21,23). The highest BCUT2D eigenvalue weighted by Crippen LogP contribution is 2.15. The molecular formula is C20H39NO3. The van der Waals surface area contributed by atoms with E-state index in [1.165, 1.54) is 0 Å². The normalized spacial score (nSPS) is 11.1. The fourth-order valence-corrected chi connectivity index (χ4v) is 3.10. The minimum atomic E-state index is -0.139. The van der Waals surface area contributed by atoms with E-state index in [0.717, 1.165) is 51.4 Å². The molecule has 0 radical (unpaired) electrons. The Labute approximate surface area is 149 Å². The van der Waals surface area contributed by atoms with Gasteiger partial charge in [-0.25, -0.2) is 0 Å². The molecule has 0 aromatic carbocycles. The van der Waals surface area contributed by atoms with E-state index in [-0.39, 0.29) is 17.8 Å². The summed E-state index contributed by atoms with van der Waals surface area (Å²) in [5.41, 5.74) is 0. The average Bonchev–Trinajstić information content (AvgIpc) is 2.56. The number of hydrogen-bond donors (Lipinski definition) is 1. The summed E-state index contributed by atoms with van der Waals surface area (Å²) in [5, 5.41) is 2.97. The monoisotopic (exact) mass is 341 g/mol. The zero-order chi connectivity index (χ0) is 18.2. The van der Waals surface area contributed by atoms with Crippen molar-refractivity contribution in [2.45, 2.75) is 91.9 Å². The largest absolute Gasteiger partial charge is 0.465 e. The lowest BCUT2D eigenvalue weighted by atomic mass is 9.97. The fourth-order valence-electron chi connectivity index (χ4n) is 3.10. The first-order chi connectivity index (χ1) is 11.6. The van der Waals surface area contributed by atoms with Gasteiger partial charge in [0.1, 0.15) is 0 Å². The van der Waals surface area contributed by atoms with Gasteiger partial charge in [0, 0.05) is 18.9 Å². The van der Waals surface area contributed by atoms with Crippen LogP contribution in [0.15, 0.2) is 0 Å². The van der Waals surface area contributed by atoms with Gasteiger partial charge in [-0.1, -0.05) is 53.4 Å². The highest BCUT2D eigenvalue weighted by Gasteiger charge is 2.16. The molecule has 24 heavy (non-hydrogen) atoms. The topological polar surface area (TPSA) is 55.4 Å². The molecule has 1 N–H and O–H groups in total. The molecule has 142 valence electrons. The van der Waals surface area contributed by atoms with E-state index in [1.807, 2.05) is 0 Å². The minimum Gasteiger partial charge on any atom is -0.465 e. The third kappa shape index (κ3) is 11.5. The van der Waals surface area contributed by atoms with Crippen LogP contribution in [0.2, 0.25) is 0 Å². The average molecular weight is 342 g/mol. The number of hydrogen-bond acceptors (Lipinski definition) is 3. The van der Waals surface area contributed by atoms with Crippen molar-refractivity contribution >= 4 is 11.9 Å². The van der Waals surface area contributed by atoms with Gasteiger partial charge < -0.3 is 10.1 Å². The number of amides is 1. The first kappa shape index (κ1) is 22.9. The number of rotatable bonds is 15. The van der Waals surface area contributed by atoms with Crippen LogP contribution in [0.5, 0.6) is 0 Å². The van der Waals surface area contributed by atoms with Crippen molar-refractivity contribution in [1.82, 2.24) is 5.32 Å². The van der Waals surface area contributed by atoms with Crippen LogP contribution in [-0.2, 0) is 14.3 Å².